The second kappa shape index (κ2) is 5.07. The number of rotatable bonds is 4. The maximum Gasteiger partial charge on any atom is 0.119 e. The van der Waals surface area contributed by atoms with E-state index in [9.17, 15) is 0 Å². The van der Waals surface area contributed by atoms with Gasteiger partial charge in [-0.05, 0) is 30.2 Å². The number of alkyl halides is 1. The van der Waals surface area contributed by atoms with Gasteiger partial charge in [0, 0.05) is 5.33 Å². The van der Waals surface area contributed by atoms with Crippen molar-refractivity contribution in [3.63, 3.8) is 0 Å². The van der Waals surface area contributed by atoms with Gasteiger partial charge in [-0.3, -0.25) is 0 Å². The summed E-state index contributed by atoms with van der Waals surface area (Å²) in [5.41, 5.74) is 2.28. The molecule has 0 saturated carbocycles. The fraction of sp³-hybridized carbons (Fsp3) is 0.273. The molecule has 0 unspecified atom stereocenters. The number of hydrogen-bond donors (Lipinski definition) is 0. The number of halogens is 1. The van der Waals surface area contributed by atoms with E-state index in [4.69, 9.17) is 4.74 Å². The summed E-state index contributed by atoms with van der Waals surface area (Å²) in [6.07, 6.45) is 0. The molecule has 0 aliphatic rings. The van der Waals surface area contributed by atoms with Crippen LogP contribution in [0.15, 0.2) is 36.4 Å². The van der Waals surface area contributed by atoms with Crippen LogP contribution in [0.25, 0.3) is 0 Å². The molecular formula is C11H13BrO. The predicted molar refractivity (Wildman–Crippen MR) is 59.4 cm³/mol. The normalized spacial score (nSPS) is 9.69. The molecular weight excluding hydrogens is 228 g/mol. The van der Waals surface area contributed by atoms with E-state index in [0.717, 1.165) is 16.7 Å². The Bertz CT molecular complexity index is 277. The second-order valence-corrected chi connectivity index (χ2v) is 3.58. The van der Waals surface area contributed by atoms with Crippen molar-refractivity contribution in [1.82, 2.24) is 0 Å². The van der Waals surface area contributed by atoms with E-state index >= 15 is 0 Å². The molecule has 0 saturated heterocycles. The molecule has 0 spiro atoms. The fourth-order valence-electron chi connectivity index (χ4n) is 0.881. The molecule has 1 aromatic rings. The van der Waals surface area contributed by atoms with E-state index in [1.807, 2.05) is 31.2 Å². The topological polar surface area (TPSA) is 9.23 Å². The van der Waals surface area contributed by atoms with Crippen LogP contribution in [0.2, 0.25) is 0 Å². The lowest BCUT2D eigenvalue weighted by molar-refractivity contribution is 0.352. The largest absolute Gasteiger partial charge is 0.489 e. The van der Waals surface area contributed by atoms with Crippen LogP contribution in [0.1, 0.15) is 12.5 Å². The molecule has 0 bridgehead atoms. The van der Waals surface area contributed by atoms with E-state index in [1.54, 1.807) is 0 Å². The minimum absolute atomic E-state index is 0.591. The summed E-state index contributed by atoms with van der Waals surface area (Å²) in [6, 6.07) is 8.03. The van der Waals surface area contributed by atoms with Gasteiger partial charge >= 0.3 is 0 Å². The maximum atomic E-state index is 5.45. The van der Waals surface area contributed by atoms with Gasteiger partial charge in [0.05, 0.1) is 0 Å². The average Bonchev–Trinajstić information content (AvgIpc) is 2.15. The van der Waals surface area contributed by atoms with Gasteiger partial charge in [0.2, 0.25) is 0 Å². The minimum atomic E-state index is 0.591. The Kier molecular flexibility index (Phi) is 4.03. The van der Waals surface area contributed by atoms with Gasteiger partial charge in [0.25, 0.3) is 0 Å². The van der Waals surface area contributed by atoms with Gasteiger partial charge < -0.3 is 4.74 Å². The average molecular weight is 241 g/mol. The Morgan fingerprint density at radius 3 is 2.46 bits per heavy atom. The van der Waals surface area contributed by atoms with Crippen molar-refractivity contribution in [2.24, 2.45) is 0 Å². The van der Waals surface area contributed by atoms with Crippen molar-refractivity contribution in [3.8, 4) is 5.75 Å². The van der Waals surface area contributed by atoms with E-state index < -0.39 is 0 Å². The molecule has 0 aliphatic carbocycles. The summed E-state index contributed by atoms with van der Waals surface area (Å²) < 4.78 is 5.45. The molecule has 0 radical (unpaired) electrons. The summed E-state index contributed by atoms with van der Waals surface area (Å²) in [5.74, 6) is 0.896. The fourth-order valence-corrected chi connectivity index (χ4v) is 1.26. The summed E-state index contributed by atoms with van der Waals surface area (Å²) in [6.45, 7) is 6.31. The molecule has 0 heterocycles. The van der Waals surface area contributed by atoms with Crippen LogP contribution in [-0.2, 0) is 5.33 Å². The molecule has 13 heavy (non-hydrogen) atoms. The molecule has 0 fully saturated rings. The van der Waals surface area contributed by atoms with E-state index in [1.165, 1.54) is 5.56 Å². The highest BCUT2D eigenvalue weighted by Gasteiger charge is 1.93. The van der Waals surface area contributed by atoms with Crippen LogP contribution in [0.5, 0.6) is 5.75 Å². The molecule has 0 atom stereocenters. The van der Waals surface area contributed by atoms with Gasteiger partial charge in [0.1, 0.15) is 12.4 Å². The van der Waals surface area contributed by atoms with Crippen molar-refractivity contribution < 1.29 is 4.74 Å². The van der Waals surface area contributed by atoms with Crippen molar-refractivity contribution in [3.05, 3.63) is 42.0 Å². The molecule has 1 aromatic carbocycles. The molecule has 0 aromatic heterocycles. The molecule has 0 N–H and O–H groups in total. The van der Waals surface area contributed by atoms with E-state index in [-0.39, 0.29) is 0 Å². The van der Waals surface area contributed by atoms with Crippen LogP contribution in [0.4, 0.5) is 0 Å². The lowest BCUT2D eigenvalue weighted by Gasteiger charge is -2.05. The third-order valence-corrected chi connectivity index (χ3v) is 2.21. The first-order valence-corrected chi connectivity index (χ1v) is 5.26. The number of hydrogen-bond acceptors (Lipinski definition) is 1. The van der Waals surface area contributed by atoms with Crippen molar-refractivity contribution >= 4 is 15.9 Å². The lowest BCUT2D eigenvalue weighted by atomic mass is 10.2. The Labute approximate surface area is 87.5 Å². The standard InChI is InChI=1S/C11H13BrO/c1-9(2)8-13-11-5-3-10(7-12)4-6-11/h3-6H,1,7-8H2,2H3. The third-order valence-electron chi connectivity index (χ3n) is 1.56. The van der Waals surface area contributed by atoms with Gasteiger partial charge in [-0.25, -0.2) is 0 Å². The quantitative estimate of drug-likeness (QED) is 0.578. The zero-order valence-corrected chi connectivity index (χ0v) is 9.30. The zero-order chi connectivity index (χ0) is 9.68. The summed E-state index contributed by atoms with van der Waals surface area (Å²) in [7, 11) is 0. The first kappa shape index (κ1) is 10.3. The lowest BCUT2D eigenvalue weighted by Crippen LogP contribution is -1.97. The zero-order valence-electron chi connectivity index (χ0n) is 7.72. The second-order valence-electron chi connectivity index (χ2n) is 3.02. The summed E-state index contributed by atoms with van der Waals surface area (Å²) >= 11 is 3.39. The highest BCUT2D eigenvalue weighted by Crippen LogP contribution is 2.14. The Balaban J connectivity index is 2.54. The van der Waals surface area contributed by atoms with Gasteiger partial charge in [-0.15, -0.1) is 0 Å². The van der Waals surface area contributed by atoms with Crippen LogP contribution in [-0.4, -0.2) is 6.61 Å². The maximum absolute atomic E-state index is 5.45. The third kappa shape index (κ3) is 3.64. The molecule has 1 rings (SSSR count). The molecule has 0 amide bonds. The Hall–Kier alpha value is -0.760. The smallest absolute Gasteiger partial charge is 0.119 e. The number of ether oxygens (including phenoxy) is 1. The van der Waals surface area contributed by atoms with Crippen LogP contribution >= 0.6 is 15.9 Å². The van der Waals surface area contributed by atoms with Crippen molar-refractivity contribution in [2.45, 2.75) is 12.3 Å². The first-order valence-electron chi connectivity index (χ1n) is 4.14. The summed E-state index contributed by atoms with van der Waals surface area (Å²) in [5, 5.41) is 0.883. The molecule has 2 heteroatoms. The van der Waals surface area contributed by atoms with Gasteiger partial charge in [-0.2, -0.15) is 0 Å². The minimum Gasteiger partial charge on any atom is -0.489 e. The first-order chi connectivity index (χ1) is 6.22. The molecule has 1 nitrogen and oxygen atoms in total. The van der Waals surface area contributed by atoms with Crippen LogP contribution in [0.3, 0.4) is 0 Å². The Morgan fingerprint density at radius 1 is 1.38 bits per heavy atom. The molecule has 0 aliphatic heterocycles. The van der Waals surface area contributed by atoms with Crippen molar-refractivity contribution in [1.29, 1.82) is 0 Å². The van der Waals surface area contributed by atoms with Gasteiger partial charge in [-0.1, -0.05) is 34.6 Å². The van der Waals surface area contributed by atoms with Gasteiger partial charge in [0.15, 0.2) is 0 Å². The van der Waals surface area contributed by atoms with E-state index in [0.29, 0.717) is 6.61 Å². The summed E-state index contributed by atoms with van der Waals surface area (Å²) in [4.78, 5) is 0. The predicted octanol–water partition coefficient (Wildman–Crippen LogP) is 3.54. The van der Waals surface area contributed by atoms with E-state index in [2.05, 4.69) is 22.5 Å². The Morgan fingerprint density at radius 2 is 2.00 bits per heavy atom. The number of benzene rings is 1. The van der Waals surface area contributed by atoms with Crippen LogP contribution in [0, 0.1) is 0 Å². The monoisotopic (exact) mass is 240 g/mol. The highest BCUT2D eigenvalue weighted by molar-refractivity contribution is 9.08. The highest BCUT2D eigenvalue weighted by atomic mass is 79.9. The SMILES string of the molecule is C=C(C)COc1ccc(CBr)cc1. The van der Waals surface area contributed by atoms with Crippen LogP contribution < -0.4 is 4.74 Å². The molecule has 70 valence electrons. The van der Waals surface area contributed by atoms with Crippen molar-refractivity contribution in [2.75, 3.05) is 6.61 Å².